The van der Waals surface area contributed by atoms with E-state index in [1.165, 1.54) is 5.56 Å². The lowest BCUT2D eigenvalue weighted by Crippen LogP contribution is -2.24. The van der Waals surface area contributed by atoms with E-state index >= 15 is 0 Å². The summed E-state index contributed by atoms with van der Waals surface area (Å²) in [5, 5.41) is 3.34. The number of pyridine rings is 1. The molecule has 0 fully saturated rings. The van der Waals surface area contributed by atoms with E-state index in [4.69, 9.17) is 4.74 Å². The van der Waals surface area contributed by atoms with Crippen molar-refractivity contribution in [3.05, 3.63) is 53.9 Å². The molecule has 0 radical (unpaired) electrons. The van der Waals surface area contributed by atoms with Crippen molar-refractivity contribution in [2.24, 2.45) is 0 Å². The van der Waals surface area contributed by atoms with Crippen molar-refractivity contribution in [3.8, 4) is 5.75 Å². The van der Waals surface area contributed by atoms with E-state index < -0.39 is 0 Å². The van der Waals surface area contributed by atoms with E-state index in [1.54, 1.807) is 12.4 Å². The first-order chi connectivity index (χ1) is 11.4. The average molecular weight is 322 g/mol. The fourth-order valence-electron chi connectivity index (χ4n) is 2.37. The Labute approximate surface area is 142 Å². The Balaban J connectivity index is 1.80. The van der Waals surface area contributed by atoms with Crippen molar-refractivity contribution in [2.75, 3.05) is 5.32 Å². The number of nitrogens with one attached hydrogen (secondary N) is 1. The van der Waals surface area contributed by atoms with Crippen LogP contribution in [0.4, 0.5) is 5.82 Å². The molecule has 3 rings (SSSR count). The minimum Gasteiger partial charge on any atom is -0.488 e. The third kappa shape index (κ3) is 3.98. The monoisotopic (exact) mass is 322 g/mol. The predicted octanol–water partition coefficient (Wildman–Crippen LogP) is 4.12. The number of aromatic nitrogens is 3. The lowest BCUT2D eigenvalue weighted by molar-refractivity contribution is 0.129. The second-order valence-corrected chi connectivity index (χ2v) is 6.77. The van der Waals surface area contributed by atoms with E-state index in [2.05, 4.69) is 66.2 Å². The summed E-state index contributed by atoms with van der Waals surface area (Å²) in [6, 6.07) is 10.1. The van der Waals surface area contributed by atoms with E-state index in [1.807, 2.05) is 12.1 Å². The molecule has 1 N–H and O–H groups in total. The average Bonchev–Trinajstić information content (AvgIpc) is 2.52. The largest absolute Gasteiger partial charge is 0.488 e. The molecule has 0 saturated heterocycles. The van der Waals surface area contributed by atoms with Gasteiger partial charge in [0.2, 0.25) is 0 Å². The van der Waals surface area contributed by atoms with Gasteiger partial charge in [-0.2, -0.15) is 0 Å². The maximum atomic E-state index is 6.09. The van der Waals surface area contributed by atoms with Crippen molar-refractivity contribution in [2.45, 2.75) is 39.8 Å². The fourth-order valence-corrected chi connectivity index (χ4v) is 2.37. The summed E-state index contributed by atoms with van der Waals surface area (Å²) in [6.45, 7) is 8.85. The normalized spacial score (nSPS) is 11.5. The van der Waals surface area contributed by atoms with Crippen molar-refractivity contribution in [3.63, 3.8) is 0 Å². The SMILES string of the molecule is Cc1ccc(CNc2ccc3nccnc3n2)c(OC(C)(C)C)c1. The zero-order chi connectivity index (χ0) is 17.2. The van der Waals surface area contributed by atoms with Gasteiger partial charge in [-0.05, 0) is 51.5 Å². The molecule has 0 spiro atoms. The van der Waals surface area contributed by atoms with Crippen molar-refractivity contribution in [1.29, 1.82) is 0 Å². The van der Waals surface area contributed by atoms with Gasteiger partial charge >= 0.3 is 0 Å². The lowest BCUT2D eigenvalue weighted by Gasteiger charge is -2.24. The summed E-state index contributed by atoms with van der Waals surface area (Å²) in [5.74, 6) is 1.67. The molecule has 0 bridgehead atoms. The van der Waals surface area contributed by atoms with Crippen LogP contribution in [0, 0.1) is 6.92 Å². The highest BCUT2D eigenvalue weighted by Gasteiger charge is 2.15. The number of nitrogens with zero attached hydrogens (tertiary/aromatic N) is 3. The number of fused-ring (bicyclic) bond motifs is 1. The number of rotatable bonds is 4. The van der Waals surface area contributed by atoms with Crippen LogP contribution in [0.2, 0.25) is 0 Å². The van der Waals surface area contributed by atoms with Crippen molar-refractivity contribution in [1.82, 2.24) is 15.0 Å². The smallest absolute Gasteiger partial charge is 0.180 e. The summed E-state index contributed by atoms with van der Waals surface area (Å²) in [7, 11) is 0. The van der Waals surface area contributed by atoms with Crippen molar-refractivity contribution < 1.29 is 4.74 Å². The molecule has 0 aliphatic rings. The highest BCUT2D eigenvalue weighted by atomic mass is 16.5. The Morgan fingerprint density at radius 2 is 1.83 bits per heavy atom. The van der Waals surface area contributed by atoms with Gasteiger partial charge in [-0.1, -0.05) is 12.1 Å². The molecule has 1 aromatic carbocycles. The Kier molecular flexibility index (Phi) is 4.34. The topological polar surface area (TPSA) is 59.9 Å². The van der Waals surface area contributed by atoms with Crippen LogP contribution in [0.15, 0.2) is 42.7 Å². The van der Waals surface area contributed by atoms with Crippen LogP contribution in [0.1, 0.15) is 31.9 Å². The Morgan fingerprint density at radius 3 is 2.62 bits per heavy atom. The number of hydrogen-bond acceptors (Lipinski definition) is 5. The van der Waals surface area contributed by atoms with E-state index in [0.29, 0.717) is 12.2 Å². The number of aryl methyl sites for hydroxylation is 1. The highest BCUT2D eigenvalue weighted by molar-refractivity contribution is 5.71. The first kappa shape index (κ1) is 16.2. The Bertz CT molecular complexity index is 855. The number of anilines is 1. The van der Waals surface area contributed by atoms with Gasteiger partial charge in [0, 0.05) is 24.5 Å². The number of benzene rings is 1. The lowest BCUT2D eigenvalue weighted by atomic mass is 10.1. The maximum Gasteiger partial charge on any atom is 0.180 e. The maximum absolute atomic E-state index is 6.09. The third-order valence-electron chi connectivity index (χ3n) is 3.43. The summed E-state index contributed by atoms with van der Waals surface area (Å²) in [6.07, 6.45) is 3.31. The van der Waals surface area contributed by atoms with Gasteiger partial charge < -0.3 is 10.1 Å². The van der Waals surface area contributed by atoms with Gasteiger partial charge in [0.05, 0.1) is 0 Å². The summed E-state index contributed by atoms with van der Waals surface area (Å²) in [5.41, 5.74) is 3.46. The number of hydrogen-bond donors (Lipinski definition) is 1. The van der Waals surface area contributed by atoms with Gasteiger partial charge in [0.1, 0.15) is 22.7 Å². The van der Waals surface area contributed by atoms with Crippen LogP contribution in [0.5, 0.6) is 5.75 Å². The van der Waals surface area contributed by atoms with Crippen molar-refractivity contribution >= 4 is 17.0 Å². The molecule has 124 valence electrons. The predicted molar refractivity (Wildman–Crippen MR) is 96.2 cm³/mol. The van der Waals surface area contributed by atoms with Crippen LogP contribution in [-0.4, -0.2) is 20.6 Å². The first-order valence-electron chi connectivity index (χ1n) is 8.01. The van der Waals surface area contributed by atoms with Gasteiger partial charge in [-0.3, -0.25) is 4.98 Å². The minimum absolute atomic E-state index is 0.237. The summed E-state index contributed by atoms with van der Waals surface area (Å²) >= 11 is 0. The zero-order valence-corrected chi connectivity index (χ0v) is 14.5. The quantitative estimate of drug-likeness (QED) is 0.783. The molecule has 2 aromatic heterocycles. The van der Waals surface area contributed by atoms with Gasteiger partial charge in [-0.25, -0.2) is 9.97 Å². The van der Waals surface area contributed by atoms with Crippen LogP contribution in [-0.2, 0) is 6.54 Å². The Hall–Kier alpha value is -2.69. The molecule has 0 aliphatic heterocycles. The third-order valence-corrected chi connectivity index (χ3v) is 3.43. The molecule has 0 aliphatic carbocycles. The van der Waals surface area contributed by atoms with Gasteiger partial charge in [0.15, 0.2) is 5.65 Å². The van der Waals surface area contributed by atoms with Gasteiger partial charge in [0.25, 0.3) is 0 Å². The highest BCUT2D eigenvalue weighted by Crippen LogP contribution is 2.25. The van der Waals surface area contributed by atoms with E-state index in [-0.39, 0.29) is 5.60 Å². The summed E-state index contributed by atoms with van der Waals surface area (Å²) < 4.78 is 6.09. The molecule has 24 heavy (non-hydrogen) atoms. The number of ether oxygens (including phenoxy) is 1. The molecule has 3 aromatic rings. The molecular weight excluding hydrogens is 300 g/mol. The first-order valence-corrected chi connectivity index (χ1v) is 8.01. The molecule has 5 nitrogen and oxygen atoms in total. The molecule has 0 amide bonds. The van der Waals surface area contributed by atoms with Gasteiger partial charge in [-0.15, -0.1) is 0 Å². The molecule has 0 unspecified atom stereocenters. The van der Waals surface area contributed by atoms with Crippen LogP contribution < -0.4 is 10.1 Å². The molecule has 0 atom stereocenters. The van der Waals surface area contributed by atoms with E-state index in [9.17, 15) is 0 Å². The molecule has 0 saturated carbocycles. The molecule has 2 heterocycles. The minimum atomic E-state index is -0.237. The second kappa shape index (κ2) is 6.43. The zero-order valence-electron chi connectivity index (χ0n) is 14.5. The molecule has 5 heteroatoms. The van der Waals surface area contributed by atoms with Crippen LogP contribution in [0.25, 0.3) is 11.2 Å². The van der Waals surface area contributed by atoms with Crippen LogP contribution in [0.3, 0.4) is 0 Å². The second-order valence-electron chi connectivity index (χ2n) is 6.77. The standard InChI is InChI=1S/C19H22N4O/c1-13-5-6-14(16(11-13)24-19(2,3)4)12-22-17-8-7-15-18(23-17)21-10-9-20-15/h5-11H,12H2,1-4H3,(H,21,22,23). The van der Waals surface area contributed by atoms with E-state index in [0.717, 1.165) is 22.6 Å². The van der Waals surface area contributed by atoms with Crippen LogP contribution >= 0.6 is 0 Å². The fraction of sp³-hybridized carbons (Fsp3) is 0.316. The molecular formula is C19H22N4O. The Morgan fingerprint density at radius 1 is 1.04 bits per heavy atom. The summed E-state index contributed by atoms with van der Waals surface area (Å²) in [4.78, 5) is 13.0.